The maximum atomic E-state index is 12.8. The summed E-state index contributed by atoms with van der Waals surface area (Å²) in [7, 11) is 0. The Bertz CT molecular complexity index is 802. The Hall–Kier alpha value is -1.82. The van der Waals surface area contributed by atoms with Crippen molar-refractivity contribution < 1.29 is 4.79 Å². The van der Waals surface area contributed by atoms with Crippen LogP contribution >= 0.6 is 11.8 Å². The van der Waals surface area contributed by atoms with Gasteiger partial charge in [-0.15, -0.1) is 10.2 Å². The summed E-state index contributed by atoms with van der Waals surface area (Å²) in [6.07, 6.45) is 7.18. The minimum Gasteiger partial charge on any atom is -0.352 e. The summed E-state index contributed by atoms with van der Waals surface area (Å²) in [6, 6.07) is 10.7. The molecule has 3 atom stereocenters. The van der Waals surface area contributed by atoms with Gasteiger partial charge in [-0.1, -0.05) is 61.9 Å². The molecule has 2 saturated carbocycles. The molecule has 0 aliphatic heterocycles. The summed E-state index contributed by atoms with van der Waals surface area (Å²) in [4.78, 5) is 12.8. The van der Waals surface area contributed by atoms with Gasteiger partial charge in [-0.2, -0.15) is 0 Å². The molecule has 2 aromatic rings. The highest BCUT2D eigenvalue weighted by atomic mass is 32.2. The number of hydrogen-bond donors (Lipinski definition) is 1. The Morgan fingerprint density at radius 3 is 2.64 bits per heavy atom. The fraction of sp³-hybridized carbons (Fsp3) is 0.591. The zero-order chi connectivity index (χ0) is 19.5. The average Bonchev–Trinajstić information content (AvgIpc) is 3.47. The van der Waals surface area contributed by atoms with Gasteiger partial charge >= 0.3 is 0 Å². The predicted molar refractivity (Wildman–Crippen MR) is 112 cm³/mol. The van der Waals surface area contributed by atoms with Gasteiger partial charge in [0.1, 0.15) is 5.82 Å². The van der Waals surface area contributed by atoms with E-state index in [1.165, 1.54) is 49.4 Å². The van der Waals surface area contributed by atoms with Crippen LogP contribution in [0.5, 0.6) is 0 Å². The SMILES string of the molecule is CC(Sc1nnc(C2CC2)n1Cc1ccccc1)C(=O)NC1CCCCC1C. The lowest BCUT2D eigenvalue weighted by atomic mass is 9.86. The maximum absolute atomic E-state index is 12.8. The van der Waals surface area contributed by atoms with Crippen LogP contribution in [0.25, 0.3) is 0 Å². The normalized spacial score (nSPS) is 23.4. The Morgan fingerprint density at radius 2 is 1.93 bits per heavy atom. The molecule has 1 amide bonds. The lowest BCUT2D eigenvalue weighted by Gasteiger charge is -2.30. The third-order valence-corrected chi connectivity index (χ3v) is 7.04. The quantitative estimate of drug-likeness (QED) is 0.703. The molecule has 5 nitrogen and oxygen atoms in total. The molecule has 2 aliphatic carbocycles. The number of nitrogens with one attached hydrogen (secondary N) is 1. The van der Waals surface area contributed by atoms with Crippen molar-refractivity contribution in [3.63, 3.8) is 0 Å². The molecule has 150 valence electrons. The zero-order valence-electron chi connectivity index (χ0n) is 16.8. The van der Waals surface area contributed by atoms with Crippen LogP contribution in [0, 0.1) is 5.92 Å². The molecular formula is C22H30N4OS. The van der Waals surface area contributed by atoms with Crippen LogP contribution in [0.15, 0.2) is 35.5 Å². The van der Waals surface area contributed by atoms with Gasteiger partial charge in [0.25, 0.3) is 0 Å². The molecule has 1 aromatic heterocycles. The molecule has 2 aliphatic rings. The second-order valence-corrected chi connectivity index (χ2v) is 9.63. The molecule has 2 fully saturated rings. The van der Waals surface area contributed by atoms with Crippen LogP contribution in [0.4, 0.5) is 0 Å². The summed E-state index contributed by atoms with van der Waals surface area (Å²) < 4.78 is 2.21. The summed E-state index contributed by atoms with van der Waals surface area (Å²) in [5.74, 6) is 2.28. The smallest absolute Gasteiger partial charge is 0.233 e. The summed E-state index contributed by atoms with van der Waals surface area (Å²) >= 11 is 1.53. The second kappa shape index (κ2) is 8.68. The highest BCUT2D eigenvalue weighted by Crippen LogP contribution is 2.40. The van der Waals surface area contributed by atoms with E-state index in [1.807, 2.05) is 13.0 Å². The van der Waals surface area contributed by atoms with Gasteiger partial charge in [0.05, 0.1) is 11.8 Å². The first-order chi connectivity index (χ1) is 13.6. The zero-order valence-corrected chi connectivity index (χ0v) is 17.6. The molecule has 1 heterocycles. The third-order valence-electron chi connectivity index (χ3n) is 5.96. The van der Waals surface area contributed by atoms with Crippen LogP contribution < -0.4 is 5.32 Å². The molecule has 0 spiro atoms. The standard InChI is InChI=1S/C22H30N4OS/c1-15-8-6-7-11-19(15)23-21(27)16(2)28-22-25-24-20(18-12-13-18)26(22)14-17-9-4-3-5-10-17/h3-5,9-10,15-16,18-19H,6-8,11-14H2,1-2H3,(H,23,27). The van der Waals surface area contributed by atoms with Crippen molar-refractivity contribution in [2.45, 2.75) is 81.3 Å². The monoisotopic (exact) mass is 398 g/mol. The van der Waals surface area contributed by atoms with E-state index in [0.717, 1.165) is 23.9 Å². The van der Waals surface area contributed by atoms with E-state index < -0.39 is 0 Å². The number of aromatic nitrogens is 3. The number of carbonyl (C=O) groups is 1. The van der Waals surface area contributed by atoms with Crippen molar-refractivity contribution in [1.29, 1.82) is 0 Å². The number of nitrogens with zero attached hydrogens (tertiary/aromatic N) is 3. The van der Waals surface area contributed by atoms with Gasteiger partial charge in [-0.25, -0.2) is 0 Å². The fourth-order valence-electron chi connectivity index (χ4n) is 3.99. The minimum absolute atomic E-state index is 0.117. The number of carbonyl (C=O) groups excluding carboxylic acids is 1. The largest absolute Gasteiger partial charge is 0.352 e. The number of thioether (sulfide) groups is 1. The molecule has 1 N–H and O–H groups in total. The molecule has 0 saturated heterocycles. The Labute approximate surface area is 171 Å². The molecule has 4 rings (SSSR count). The predicted octanol–water partition coefficient (Wildman–Crippen LogP) is 4.38. The van der Waals surface area contributed by atoms with Gasteiger partial charge in [0, 0.05) is 12.0 Å². The van der Waals surface area contributed by atoms with E-state index in [-0.39, 0.29) is 11.2 Å². The highest BCUT2D eigenvalue weighted by Gasteiger charge is 2.32. The summed E-state index contributed by atoms with van der Waals surface area (Å²) in [5, 5.41) is 12.9. The van der Waals surface area contributed by atoms with E-state index in [2.05, 4.69) is 51.3 Å². The van der Waals surface area contributed by atoms with Crippen LogP contribution in [0.2, 0.25) is 0 Å². The Balaban J connectivity index is 1.45. The van der Waals surface area contributed by atoms with Gasteiger partial charge in [0.15, 0.2) is 5.16 Å². The molecule has 1 aromatic carbocycles. The summed E-state index contributed by atoms with van der Waals surface area (Å²) in [6.45, 7) is 4.99. The molecule has 3 unspecified atom stereocenters. The minimum atomic E-state index is -0.181. The first-order valence-corrected chi connectivity index (χ1v) is 11.4. The molecule has 6 heteroatoms. The summed E-state index contributed by atoms with van der Waals surface area (Å²) in [5.41, 5.74) is 1.24. The van der Waals surface area contributed by atoms with Gasteiger partial charge in [-0.3, -0.25) is 4.79 Å². The van der Waals surface area contributed by atoms with Crippen molar-refractivity contribution in [2.24, 2.45) is 5.92 Å². The number of hydrogen-bond acceptors (Lipinski definition) is 4. The van der Waals surface area contributed by atoms with Crippen LogP contribution in [0.3, 0.4) is 0 Å². The lowest BCUT2D eigenvalue weighted by Crippen LogP contribution is -2.44. The van der Waals surface area contributed by atoms with E-state index in [9.17, 15) is 4.79 Å². The number of rotatable bonds is 7. The topological polar surface area (TPSA) is 59.8 Å². The van der Waals surface area contributed by atoms with Crippen LogP contribution in [-0.2, 0) is 11.3 Å². The van der Waals surface area contributed by atoms with E-state index in [1.54, 1.807) is 0 Å². The first kappa shape index (κ1) is 19.5. The van der Waals surface area contributed by atoms with Crippen molar-refractivity contribution in [2.75, 3.05) is 0 Å². The van der Waals surface area contributed by atoms with E-state index in [0.29, 0.717) is 17.9 Å². The molecular weight excluding hydrogens is 368 g/mol. The van der Waals surface area contributed by atoms with E-state index >= 15 is 0 Å². The van der Waals surface area contributed by atoms with Crippen molar-refractivity contribution in [3.8, 4) is 0 Å². The van der Waals surface area contributed by atoms with Crippen molar-refractivity contribution in [1.82, 2.24) is 20.1 Å². The third kappa shape index (κ3) is 4.59. The van der Waals surface area contributed by atoms with Crippen LogP contribution in [-0.4, -0.2) is 32.0 Å². The van der Waals surface area contributed by atoms with Crippen molar-refractivity contribution in [3.05, 3.63) is 41.7 Å². The Morgan fingerprint density at radius 1 is 1.18 bits per heavy atom. The van der Waals surface area contributed by atoms with Gasteiger partial charge in [0.2, 0.25) is 5.91 Å². The Kier molecular flexibility index (Phi) is 6.04. The average molecular weight is 399 g/mol. The molecule has 0 radical (unpaired) electrons. The highest BCUT2D eigenvalue weighted by molar-refractivity contribution is 8.00. The number of benzene rings is 1. The lowest BCUT2D eigenvalue weighted by molar-refractivity contribution is -0.121. The number of amides is 1. The van der Waals surface area contributed by atoms with Crippen molar-refractivity contribution >= 4 is 17.7 Å². The van der Waals surface area contributed by atoms with Gasteiger partial charge in [-0.05, 0) is 44.1 Å². The van der Waals surface area contributed by atoms with Crippen LogP contribution in [0.1, 0.15) is 69.7 Å². The molecule has 0 bridgehead atoms. The molecule has 28 heavy (non-hydrogen) atoms. The fourth-order valence-corrected chi connectivity index (χ4v) is 4.85. The van der Waals surface area contributed by atoms with E-state index in [4.69, 9.17) is 0 Å². The first-order valence-electron chi connectivity index (χ1n) is 10.6. The van der Waals surface area contributed by atoms with Gasteiger partial charge < -0.3 is 9.88 Å². The second-order valence-electron chi connectivity index (χ2n) is 8.32. The maximum Gasteiger partial charge on any atom is 0.233 e.